The van der Waals surface area contributed by atoms with Gasteiger partial charge < -0.3 is 35.8 Å². The molecule has 0 bridgehead atoms. The molecule has 2 heterocycles. The van der Waals surface area contributed by atoms with Crippen molar-refractivity contribution in [3.05, 3.63) is 149 Å². The molecule has 5 aromatic rings. The number of nitrogens with two attached hydrogens (primary N) is 1. The molecule has 0 saturated carbocycles. The minimum Gasteiger partial charge on any atom is -0.397 e. The van der Waals surface area contributed by atoms with E-state index < -0.39 is 6.29 Å². The molecule has 0 spiro atoms. The van der Waals surface area contributed by atoms with Crippen molar-refractivity contribution in [2.75, 3.05) is 31.2 Å². The quantitative estimate of drug-likeness (QED) is 0.0526. The summed E-state index contributed by atoms with van der Waals surface area (Å²) in [5.74, 6) is -0.0810. The molecule has 292 valence electrons. The van der Waals surface area contributed by atoms with Crippen LogP contribution in [-0.2, 0) is 38.6 Å². The van der Waals surface area contributed by atoms with Gasteiger partial charge in [-0.2, -0.15) is 0 Å². The smallest absolute Gasteiger partial charge is 0.224 e. The number of hydrogen-bond acceptors (Lipinski definition) is 8. The van der Waals surface area contributed by atoms with Crippen LogP contribution in [0.3, 0.4) is 0 Å². The summed E-state index contributed by atoms with van der Waals surface area (Å²) in [7, 11) is 2.12. The van der Waals surface area contributed by atoms with Gasteiger partial charge in [0.25, 0.3) is 0 Å². The molecule has 0 radical (unpaired) electrons. The Morgan fingerprint density at radius 2 is 1.55 bits per heavy atom. The average Bonchev–Trinajstić information content (AvgIpc) is 3.23. The van der Waals surface area contributed by atoms with Crippen molar-refractivity contribution >= 4 is 23.2 Å². The van der Waals surface area contributed by atoms with Crippen molar-refractivity contribution in [3.8, 4) is 11.1 Å². The van der Waals surface area contributed by atoms with Gasteiger partial charge in [0.05, 0.1) is 30.2 Å². The zero-order valence-electron chi connectivity index (χ0n) is 32.1. The molecule has 3 unspecified atom stereocenters. The number of amides is 2. The van der Waals surface area contributed by atoms with Crippen LogP contribution in [0.25, 0.3) is 11.1 Å². The Labute approximate surface area is 330 Å². The molecule has 10 heteroatoms. The minimum atomic E-state index is -0.540. The Morgan fingerprint density at radius 1 is 0.804 bits per heavy atom. The summed E-state index contributed by atoms with van der Waals surface area (Å²) in [5, 5.41) is 15.5. The van der Waals surface area contributed by atoms with E-state index in [0.717, 1.165) is 65.0 Å². The molecule has 10 nitrogen and oxygen atoms in total. The van der Waals surface area contributed by atoms with Crippen LogP contribution in [0.5, 0.6) is 0 Å². The second-order valence-corrected chi connectivity index (χ2v) is 14.5. The van der Waals surface area contributed by atoms with E-state index in [0.29, 0.717) is 50.0 Å². The number of para-hydroxylation sites is 2. The van der Waals surface area contributed by atoms with Crippen LogP contribution in [0.1, 0.15) is 78.9 Å². The van der Waals surface area contributed by atoms with E-state index in [1.807, 2.05) is 66.9 Å². The number of anilines is 2. The van der Waals surface area contributed by atoms with E-state index in [-0.39, 0.29) is 30.6 Å². The standard InChI is InChI=1S/C46H53N5O5/c1-51(27-25-39-12-7-8-26-48-39)31-40-29-43(36-19-17-33(32-52)18-20-36)56-46(55-40)37-23-21-35(22-24-37)38-11-9-10-34(28-38)30-49-44(53)15-3-2-4-16-45(54)50-42-14-6-5-13-41(42)47/h5-14,17-24,26,28,40,43,46,52H,2-4,15-16,25,27,29-32,47H2,1H3,(H,49,53)(H,50,54). The number of unbranched alkanes of at least 4 members (excludes halogenated alkanes) is 2. The number of carbonyl (C=O) groups is 2. The molecule has 1 fully saturated rings. The number of aliphatic hydroxyl groups is 1. The molecule has 6 rings (SSSR count). The molecule has 1 aliphatic heterocycles. The fraction of sp³-hybridized carbons (Fsp3) is 0.326. The Bertz CT molecular complexity index is 1990. The summed E-state index contributed by atoms with van der Waals surface area (Å²) in [4.78, 5) is 31.6. The highest BCUT2D eigenvalue weighted by Crippen LogP contribution is 2.38. The first-order valence-corrected chi connectivity index (χ1v) is 19.5. The number of nitrogens with one attached hydrogen (secondary N) is 2. The zero-order chi connectivity index (χ0) is 39.1. The van der Waals surface area contributed by atoms with Gasteiger partial charge in [-0.1, -0.05) is 91.3 Å². The third kappa shape index (κ3) is 12.1. The van der Waals surface area contributed by atoms with Crippen molar-refractivity contribution in [2.24, 2.45) is 0 Å². The molecular formula is C46H53N5O5. The fourth-order valence-corrected chi connectivity index (χ4v) is 6.88. The van der Waals surface area contributed by atoms with Crippen molar-refractivity contribution in [1.82, 2.24) is 15.2 Å². The number of hydrogen-bond donors (Lipinski definition) is 4. The van der Waals surface area contributed by atoms with E-state index in [1.54, 1.807) is 12.1 Å². The highest BCUT2D eigenvalue weighted by Gasteiger charge is 2.32. The predicted molar refractivity (Wildman–Crippen MR) is 220 cm³/mol. The maximum atomic E-state index is 12.6. The number of benzene rings is 4. The van der Waals surface area contributed by atoms with Gasteiger partial charge in [-0.05, 0) is 78.0 Å². The average molecular weight is 756 g/mol. The lowest BCUT2D eigenvalue weighted by Gasteiger charge is -2.38. The summed E-state index contributed by atoms with van der Waals surface area (Å²) in [6, 6.07) is 37.7. The second kappa shape index (κ2) is 20.5. The van der Waals surface area contributed by atoms with Gasteiger partial charge in [-0.15, -0.1) is 0 Å². The number of aliphatic hydroxyl groups excluding tert-OH is 1. The highest BCUT2D eigenvalue weighted by atomic mass is 16.7. The summed E-state index contributed by atoms with van der Waals surface area (Å²) in [5.41, 5.74) is 14.1. The van der Waals surface area contributed by atoms with Crippen LogP contribution in [0, 0.1) is 0 Å². The summed E-state index contributed by atoms with van der Waals surface area (Å²) in [6.45, 7) is 2.06. The Balaban J connectivity index is 0.999. The molecule has 5 N–H and O–H groups in total. The minimum absolute atomic E-state index is 0.00206. The fourth-order valence-electron chi connectivity index (χ4n) is 6.88. The maximum absolute atomic E-state index is 12.6. The lowest BCUT2D eigenvalue weighted by molar-refractivity contribution is -0.252. The van der Waals surface area contributed by atoms with Gasteiger partial charge in [0.2, 0.25) is 11.8 Å². The zero-order valence-corrected chi connectivity index (χ0v) is 32.1. The van der Waals surface area contributed by atoms with Crippen LogP contribution < -0.4 is 16.4 Å². The third-order valence-corrected chi connectivity index (χ3v) is 10.1. The Hall–Kier alpha value is -5.39. The number of aromatic nitrogens is 1. The van der Waals surface area contributed by atoms with Crippen molar-refractivity contribution in [3.63, 3.8) is 0 Å². The molecule has 56 heavy (non-hydrogen) atoms. The number of nitrogens with zero attached hydrogens (tertiary/aromatic N) is 2. The van der Waals surface area contributed by atoms with Gasteiger partial charge in [0.15, 0.2) is 6.29 Å². The van der Waals surface area contributed by atoms with Crippen LogP contribution in [0.2, 0.25) is 0 Å². The molecule has 1 aromatic heterocycles. The number of pyridine rings is 1. The lowest BCUT2D eigenvalue weighted by Crippen LogP contribution is -2.38. The summed E-state index contributed by atoms with van der Waals surface area (Å²) < 4.78 is 13.2. The predicted octanol–water partition coefficient (Wildman–Crippen LogP) is 7.75. The number of likely N-dealkylation sites (N-methyl/N-ethyl adjacent to an activating group) is 1. The Kier molecular flexibility index (Phi) is 14.7. The van der Waals surface area contributed by atoms with Gasteiger partial charge in [0.1, 0.15) is 0 Å². The SMILES string of the molecule is CN(CCc1ccccn1)CC1CC(c2ccc(CO)cc2)OC(c2ccc(-c3cccc(CNC(=O)CCCCCC(=O)Nc4ccccc4N)c3)cc2)O1. The van der Waals surface area contributed by atoms with E-state index >= 15 is 0 Å². The normalized spacial score (nSPS) is 16.7. The number of rotatable bonds is 18. The van der Waals surface area contributed by atoms with Gasteiger partial charge >= 0.3 is 0 Å². The number of ether oxygens (including phenoxy) is 2. The van der Waals surface area contributed by atoms with Gasteiger partial charge in [0, 0.05) is 62.8 Å². The highest BCUT2D eigenvalue weighted by molar-refractivity contribution is 5.93. The first-order valence-electron chi connectivity index (χ1n) is 19.5. The van der Waals surface area contributed by atoms with E-state index in [1.165, 1.54) is 0 Å². The topological polar surface area (TPSA) is 139 Å². The van der Waals surface area contributed by atoms with Gasteiger partial charge in [-0.25, -0.2) is 0 Å². The van der Waals surface area contributed by atoms with E-state index in [4.69, 9.17) is 15.2 Å². The molecular weight excluding hydrogens is 703 g/mol. The molecule has 1 saturated heterocycles. The largest absolute Gasteiger partial charge is 0.397 e. The third-order valence-electron chi connectivity index (χ3n) is 10.1. The Morgan fingerprint density at radius 3 is 2.30 bits per heavy atom. The first kappa shape index (κ1) is 40.3. The monoisotopic (exact) mass is 755 g/mol. The lowest BCUT2D eigenvalue weighted by atomic mass is 9.99. The molecule has 0 aliphatic carbocycles. The van der Waals surface area contributed by atoms with Crippen LogP contribution in [0.15, 0.2) is 121 Å². The summed E-state index contributed by atoms with van der Waals surface area (Å²) in [6.07, 6.45) is 5.67. The molecule has 2 amide bonds. The van der Waals surface area contributed by atoms with E-state index in [9.17, 15) is 14.7 Å². The van der Waals surface area contributed by atoms with Gasteiger partial charge in [-0.3, -0.25) is 14.6 Å². The molecule has 4 aromatic carbocycles. The second-order valence-electron chi connectivity index (χ2n) is 14.5. The van der Waals surface area contributed by atoms with Crippen LogP contribution >= 0.6 is 0 Å². The van der Waals surface area contributed by atoms with Crippen molar-refractivity contribution in [2.45, 2.75) is 76.6 Å². The van der Waals surface area contributed by atoms with Crippen molar-refractivity contribution < 1.29 is 24.2 Å². The van der Waals surface area contributed by atoms with Crippen LogP contribution in [-0.4, -0.2) is 53.0 Å². The molecule has 1 aliphatic rings. The number of nitrogen functional groups attached to an aromatic ring is 1. The maximum Gasteiger partial charge on any atom is 0.224 e. The van der Waals surface area contributed by atoms with E-state index in [2.05, 4.69) is 70.0 Å². The van der Waals surface area contributed by atoms with Crippen molar-refractivity contribution in [1.29, 1.82) is 0 Å². The molecule has 3 atom stereocenters. The summed E-state index contributed by atoms with van der Waals surface area (Å²) >= 11 is 0. The first-order chi connectivity index (χ1) is 27.3. The number of carbonyl (C=O) groups excluding carboxylic acids is 2. The van der Waals surface area contributed by atoms with Crippen LogP contribution in [0.4, 0.5) is 11.4 Å².